The average Bonchev–Trinajstić information content (AvgIpc) is 2.96. The van der Waals surface area contributed by atoms with Gasteiger partial charge in [0.1, 0.15) is 5.69 Å². The molecule has 1 saturated heterocycles. The first-order valence-electron chi connectivity index (χ1n) is 7.00. The third-order valence-corrected chi connectivity index (χ3v) is 3.50. The van der Waals surface area contributed by atoms with E-state index in [-0.39, 0.29) is 17.3 Å². The zero-order valence-electron chi connectivity index (χ0n) is 12.2. The first-order valence-corrected chi connectivity index (χ1v) is 7.00. The topological polar surface area (TPSA) is 55.6 Å². The molecule has 0 aliphatic carbocycles. The number of hydrogen-bond acceptors (Lipinski definition) is 4. The van der Waals surface area contributed by atoms with Gasteiger partial charge in [0.15, 0.2) is 0 Å². The number of carbonyl (C=O) groups excluding carboxylic acids is 1. The molecule has 2 aromatic rings. The van der Waals surface area contributed by atoms with Crippen molar-refractivity contribution in [1.29, 1.82) is 0 Å². The summed E-state index contributed by atoms with van der Waals surface area (Å²) in [7, 11) is 0. The summed E-state index contributed by atoms with van der Waals surface area (Å²) in [5, 5.41) is 3.98. The molecule has 1 aromatic heterocycles. The van der Waals surface area contributed by atoms with Crippen LogP contribution < -0.4 is 0 Å². The van der Waals surface area contributed by atoms with E-state index in [1.807, 2.05) is 44.2 Å². The monoisotopic (exact) mass is 286 g/mol. The second kappa shape index (κ2) is 5.33. The van der Waals surface area contributed by atoms with Crippen molar-refractivity contribution >= 4 is 5.91 Å². The maximum absolute atomic E-state index is 12.5. The average molecular weight is 286 g/mol. The summed E-state index contributed by atoms with van der Waals surface area (Å²) < 4.78 is 10.8. The predicted molar refractivity (Wildman–Crippen MR) is 77.9 cm³/mol. The predicted octanol–water partition coefficient (Wildman–Crippen LogP) is 2.59. The van der Waals surface area contributed by atoms with Crippen LogP contribution in [-0.4, -0.2) is 41.3 Å². The van der Waals surface area contributed by atoms with Crippen molar-refractivity contribution in [3.8, 4) is 11.3 Å². The molecule has 21 heavy (non-hydrogen) atoms. The summed E-state index contributed by atoms with van der Waals surface area (Å²) in [6.07, 6.45) is 0. The molecule has 1 fully saturated rings. The van der Waals surface area contributed by atoms with Crippen LogP contribution in [-0.2, 0) is 4.74 Å². The molecule has 0 bridgehead atoms. The van der Waals surface area contributed by atoms with Crippen LogP contribution in [0.15, 0.2) is 40.9 Å². The van der Waals surface area contributed by atoms with Gasteiger partial charge >= 0.3 is 0 Å². The SMILES string of the molecule is CC1(C)CN(C(=O)c2cc(-c3ccccc3)no2)CCO1. The first-order chi connectivity index (χ1) is 10.1. The van der Waals surface area contributed by atoms with Gasteiger partial charge < -0.3 is 14.2 Å². The Morgan fingerprint density at radius 2 is 2.05 bits per heavy atom. The van der Waals surface area contributed by atoms with Crippen molar-refractivity contribution in [3.05, 3.63) is 42.2 Å². The van der Waals surface area contributed by atoms with E-state index < -0.39 is 0 Å². The van der Waals surface area contributed by atoms with Crippen molar-refractivity contribution in [2.75, 3.05) is 19.7 Å². The molecule has 3 rings (SSSR count). The quantitative estimate of drug-likeness (QED) is 0.851. The summed E-state index contributed by atoms with van der Waals surface area (Å²) in [6.45, 7) is 5.61. The van der Waals surface area contributed by atoms with Crippen LogP contribution in [0.3, 0.4) is 0 Å². The van der Waals surface area contributed by atoms with Crippen LogP contribution in [0.1, 0.15) is 24.4 Å². The lowest BCUT2D eigenvalue weighted by Gasteiger charge is -2.37. The first kappa shape index (κ1) is 13.8. The van der Waals surface area contributed by atoms with Gasteiger partial charge in [0.25, 0.3) is 5.91 Å². The van der Waals surface area contributed by atoms with Crippen molar-refractivity contribution in [2.24, 2.45) is 0 Å². The summed E-state index contributed by atoms with van der Waals surface area (Å²) in [5.74, 6) is 0.132. The number of rotatable bonds is 2. The minimum absolute atomic E-state index is 0.138. The molecule has 5 nitrogen and oxygen atoms in total. The number of ether oxygens (including phenoxy) is 1. The molecule has 5 heteroatoms. The Balaban J connectivity index is 1.78. The molecule has 0 radical (unpaired) electrons. The van der Waals surface area contributed by atoms with Crippen molar-refractivity contribution < 1.29 is 14.1 Å². The van der Waals surface area contributed by atoms with Gasteiger partial charge in [-0.25, -0.2) is 0 Å². The highest BCUT2D eigenvalue weighted by Gasteiger charge is 2.32. The van der Waals surface area contributed by atoms with Crippen LogP contribution in [0.4, 0.5) is 0 Å². The van der Waals surface area contributed by atoms with E-state index in [2.05, 4.69) is 5.16 Å². The number of nitrogens with zero attached hydrogens (tertiary/aromatic N) is 2. The van der Waals surface area contributed by atoms with E-state index in [0.717, 1.165) is 5.56 Å². The number of amides is 1. The van der Waals surface area contributed by atoms with E-state index in [9.17, 15) is 4.79 Å². The van der Waals surface area contributed by atoms with Gasteiger partial charge in [0.05, 0.1) is 12.2 Å². The molecule has 0 spiro atoms. The lowest BCUT2D eigenvalue weighted by molar-refractivity contribution is -0.0770. The van der Waals surface area contributed by atoms with E-state index in [4.69, 9.17) is 9.26 Å². The smallest absolute Gasteiger partial charge is 0.292 e. The molecular weight excluding hydrogens is 268 g/mol. The van der Waals surface area contributed by atoms with Crippen LogP contribution in [0.2, 0.25) is 0 Å². The Labute approximate surface area is 123 Å². The van der Waals surface area contributed by atoms with Gasteiger partial charge in [-0.2, -0.15) is 0 Å². The van der Waals surface area contributed by atoms with Gasteiger partial charge in [-0.1, -0.05) is 35.5 Å². The minimum atomic E-state index is -0.323. The highest BCUT2D eigenvalue weighted by molar-refractivity contribution is 5.92. The highest BCUT2D eigenvalue weighted by atomic mass is 16.5. The largest absolute Gasteiger partial charge is 0.372 e. The number of aromatic nitrogens is 1. The Morgan fingerprint density at radius 3 is 2.76 bits per heavy atom. The van der Waals surface area contributed by atoms with Crippen molar-refractivity contribution in [1.82, 2.24) is 10.1 Å². The second-order valence-corrected chi connectivity index (χ2v) is 5.78. The van der Waals surface area contributed by atoms with E-state index in [1.54, 1.807) is 11.0 Å². The molecule has 110 valence electrons. The minimum Gasteiger partial charge on any atom is -0.372 e. The molecule has 0 N–H and O–H groups in total. The zero-order valence-corrected chi connectivity index (χ0v) is 12.2. The Hall–Kier alpha value is -2.14. The fourth-order valence-electron chi connectivity index (χ4n) is 2.47. The molecule has 2 heterocycles. The van der Waals surface area contributed by atoms with Crippen LogP contribution in [0.25, 0.3) is 11.3 Å². The fourth-order valence-corrected chi connectivity index (χ4v) is 2.47. The fraction of sp³-hybridized carbons (Fsp3) is 0.375. The van der Waals surface area contributed by atoms with Crippen molar-refractivity contribution in [2.45, 2.75) is 19.4 Å². The Bertz CT molecular complexity index is 634. The lowest BCUT2D eigenvalue weighted by atomic mass is 10.1. The van der Waals surface area contributed by atoms with E-state index >= 15 is 0 Å². The normalized spacial score (nSPS) is 17.7. The van der Waals surface area contributed by atoms with Crippen LogP contribution in [0, 0.1) is 0 Å². The molecule has 0 atom stereocenters. The second-order valence-electron chi connectivity index (χ2n) is 5.78. The van der Waals surface area contributed by atoms with E-state index in [1.165, 1.54) is 0 Å². The van der Waals surface area contributed by atoms with E-state index in [0.29, 0.717) is 25.4 Å². The maximum Gasteiger partial charge on any atom is 0.292 e. The molecule has 0 saturated carbocycles. The summed E-state index contributed by atoms with van der Waals surface area (Å²) in [5.41, 5.74) is 1.28. The summed E-state index contributed by atoms with van der Waals surface area (Å²) >= 11 is 0. The number of carbonyl (C=O) groups is 1. The maximum atomic E-state index is 12.5. The van der Waals surface area contributed by atoms with Gasteiger partial charge in [0.2, 0.25) is 5.76 Å². The number of morpholine rings is 1. The van der Waals surface area contributed by atoms with Crippen LogP contribution >= 0.6 is 0 Å². The molecule has 1 aliphatic heterocycles. The van der Waals surface area contributed by atoms with Crippen molar-refractivity contribution in [3.63, 3.8) is 0 Å². The number of hydrogen-bond donors (Lipinski definition) is 0. The van der Waals surface area contributed by atoms with Gasteiger partial charge in [-0.05, 0) is 13.8 Å². The van der Waals surface area contributed by atoms with Gasteiger partial charge in [-0.3, -0.25) is 4.79 Å². The lowest BCUT2D eigenvalue weighted by Crippen LogP contribution is -2.50. The molecule has 0 unspecified atom stereocenters. The molecule has 1 aliphatic rings. The molecule has 1 aromatic carbocycles. The Kier molecular flexibility index (Phi) is 3.51. The third kappa shape index (κ3) is 2.97. The molecular formula is C16H18N2O3. The van der Waals surface area contributed by atoms with Gasteiger partial charge in [0, 0.05) is 24.7 Å². The third-order valence-electron chi connectivity index (χ3n) is 3.50. The summed E-state index contributed by atoms with van der Waals surface area (Å²) in [4.78, 5) is 14.2. The highest BCUT2D eigenvalue weighted by Crippen LogP contribution is 2.22. The Morgan fingerprint density at radius 1 is 1.29 bits per heavy atom. The molecule has 1 amide bonds. The zero-order chi connectivity index (χ0) is 14.9. The van der Waals surface area contributed by atoms with Crippen LogP contribution in [0.5, 0.6) is 0 Å². The standard InChI is InChI=1S/C16H18N2O3/c1-16(2)11-18(8-9-20-16)15(19)14-10-13(17-21-14)12-6-4-3-5-7-12/h3-7,10H,8-9,11H2,1-2H3. The summed E-state index contributed by atoms with van der Waals surface area (Å²) in [6, 6.07) is 11.4. The number of benzene rings is 1. The van der Waals surface area contributed by atoms with Gasteiger partial charge in [-0.15, -0.1) is 0 Å².